The summed E-state index contributed by atoms with van der Waals surface area (Å²) in [6, 6.07) is 36.1. The summed E-state index contributed by atoms with van der Waals surface area (Å²) in [4.78, 5) is 28.1. The molecule has 0 aliphatic carbocycles. The van der Waals surface area contributed by atoms with Crippen LogP contribution in [-0.2, 0) is 24.5 Å². The molecule has 248 valence electrons. The first-order valence-corrected chi connectivity index (χ1v) is 16.0. The van der Waals surface area contributed by atoms with Crippen molar-refractivity contribution in [2.75, 3.05) is 37.1 Å². The highest BCUT2D eigenvalue weighted by atomic mass is 16.5. The average molecular weight is 653 g/mol. The van der Waals surface area contributed by atoms with E-state index in [1.807, 2.05) is 74.8 Å². The van der Waals surface area contributed by atoms with Crippen molar-refractivity contribution in [1.29, 1.82) is 10.5 Å². The van der Waals surface area contributed by atoms with E-state index in [1.54, 1.807) is 13.8 Å². The minimum atomic E-state index is -0.625. The lowest BCUT2D eigenvalue weighted by Gasteiger charge is -2.28. The summed E-state index contributed by atoms with van der Waals surface area (Å²) in [5.41, 5.74) is 7.50. The molecule has 0 amide bonds. The topological polar surface area (TPSA) is 107 Å². The molecule has 0 saturated heterocycles. The molecule has 0 heterocycles. The number of nitriles is 2. The molecule has 0 N–H and O–H groups in total. The molecular formula is C41H40N4O4. The van der Waals surface area contributed by atoms with E-state index < -0.39 is 11.9 Å². The van der Waals surface area contributed by atoms with Crippen LogP contribution in [0.3, 0.4) is 0 Å². The molecule has 8 heteroatoms. The van der Waals surface area contributed by atoms with Crippen molar-refractivity contribution in [2.45, 2.75) is 33.1 Å². The maximum absolute atomic E-state index is 12.0. The smallest absolute Gasteiger partial charge is 0.348 e. The second kappa shape index (κ2) is 16.1. The molecule has 0 aliphatic rings. The monoisotopic (exact) mass is 652 g/mol. The Morgan fingerprint density at radius 1 is 0.592 bits per heavy atom. The van der Waals surface area contributed by atoms with Gasteiger partial charge in [0, 0.05) is 42.3 Å². The number of carbonyl (C=O) groups is 2. The zero-order valence-electron chi connectivity index (χ0n) is 28.7. The van der Waals surface area contributed by atoms with Crippen molar-refractivity contribution in [3.8, 4) is 12.1 Å². The number of nitrogens with zero attached hydrogens (tertiary/aromatic N) is 4. The average Bonchev–Trinajstić information content (AvgIpc) is 3.13. The van der Waals surface area contributed by atoms with Gasteiger partial charge in [0.05, 0.1) is 13.2 Å². The fourth-order valence-electron chi connectivity index (χ4n) is 5.28. The Morgan fingerprint density at radius 3 is 1.14 bits per heavy atom. The van der Waals surface area contributed by atoms with Crippen LogP contribution in [0.1, 0.15) is 49.9 Å². The normalized spacial score (nSPS) is 11.6. The highest BCUT2D eigenvalue weighted by Gasteiger charge is 2.23. The van der Waals surface area contributed by atoms with Crippen molar-refractivity contribution in [3.63, 3.8) is 0 Å². The molecule has 0 bridgehead atoms. The van der Waals surface area contributed by atoms with Gasteiger partial charge in [0.1, 0.15) is 23.3 Å². The Labute approximate surface area is 288 Å². The maximum Gasteiger partial charge on any atom is 0.348 e. The number of esters is 2. The molecule has 49 heavy (non-hydrogen) atoms. The first-order chi connectivity index (χ1) is 23.5. The van der Waals surface area contributed by atoms with Crippen LogP contribution in [-0.4, -0.2) is 39.2 Å². The van der Waals surface area contributed by atoms with Crippen LogP contribution >= 0.6 is 0 Å². The second-order valence-corrected chi connectivity index (χ2v) is 11.8. The molecule has 0 radical (unpaired) electrons. The van der Waals surface area contributed by atoms with E-state index in [9.17, 15) is 20.1 Å². The molecule has 4 rings (SSSR count). The molecule has 0 unspecified atom stereocenters. The third kappa shape index (κ3) is 8.62. The third-order valence-corrected chi connectivity index (χ3v) is 8.37. The Kier molecular flexibility index (Phi) is 11.8. The zero-order chi connectivity index (χ0) is 35.6. The van der Waals surface area contributed by atoms with Crippen molar-refractivity contribution < 1.29 is 19.1 Å². The lowest BCUT2D eigenvalue weighted by atomic mass is 9.78. The van der Waals surface area contributed by atoms with Gasteiger partial charge in [-0.25, -0.2) is 9.59 Å². The van der Waals surface area contributed by atoms with E-state index in [0.29, 0.717) is 0 Å². The Bertz CT molecular complexity index is 1770. The minimum absolute atomic E-state index is 0.0348. The van der Waals surface area contributed by atoms with Crippen LogP contribution in [0.4, 0.5) is 22.7 Å². The van der Waals surface area contributed by atoms with Crippen LogP contribution in [0.15, 0.2) is 108 Å². The number of hydrogen-bond donors (Lipinski definition) is 0. The van der Waals surface area contributed by atoms with Gasteiger partial charge in [0.15, 0.2) is 0 Å². The summed E-state index contributed by atoms with van der Waals surface area (Å²) < 4.78 is 9.89. The highest BCUT2D eigenvalue weighted by molar-refractivity contribution is 5.98. The molecule has 0 atom stereocenters. The van der Waals surface area contributed by atoms with Gasteiger partial charge in [-0.3, -0.25) is 0 Å². The molecule has 4 aromatic carbocycles. The SMILES string of the molecule is CCOC(=O)C(C#N)=Cc1ccc(N(C)c2ccc(C(C)(C)c3ccc(N(C)c4ccc(C=C(C#N)C(=O)OCC)cc4)cc3)cc2)cc1. The summed E-state index contributed by atoms with van der Waals surface area (Å²) in [5.74, 6) is -1.25. The largest absolute Gasteiger partial charge is 0.462 e. The molecule has 0 fully saturated rings. The maximum atomic E-state index is 12.0. The van der Waals surface area contributed by atoms with Gasteiger partial charge < -0.3 is 19.3 Å². The molecule has 4 aromatic rings. The Hall–Kier alpha value is -6.12. The summed E-state index contributed by atoms with van der Waals surface area (Å²) in [5, 5.41) is 18.6. The number of carbonyl (C=O) groups excluding carboxylic acids is 2. The summed E-state index contributed by atoms with van der Waals surface area (Å²) in [7, 11) is 3.99. The van der Waals surface area contributed by atoms with Gasteiger partial charge in [0.25, 0.3) is 0 Å². The minimum Gasteiger partial charge on any atom is -0.462 e. The Balaban J connectivity index is 1.44. The van der Waals surface area contributed by atoms with E-state index in [0.717, 1.165) is 33.9 Å². The van der Waals surface area contributed by atoms with Crippen molar-refractivity contribution in [1.82, 2.24) is 0 Å². The summed E-state index contributed by atoms with van der Waals surface area (Å²) >= 11 is 0. The lowest BCUT2D eigenvalue weighted by Crippen LogP contribution is -2.19. The van der Waals surface area contributed by atoms with Gasteiger partial charge in [-0.15, -0.1) is 0 Å². The molecule has 8 nitrogen and oxygen atoms in total. The molecular weight excluding hydrogens is 612 g/mol. The highest BCUT2D eigenvalue weighted by Crippen LogP contribution is 2.35. The van der Waals surface area contributed by atoms with E-state index >= 15 is 0 Å². The number of ether oxygens (including phenoxy) is 2. The predicted molar refractivity (Wildman–Crippen MR) is 194 cm³/mol. The molecule has 0 aromatic heterocycles. The van der Waals surface area contributed by atoms with Crippen LogP contribution in [0.5, 0.6) is 0 Å². The molecule has 0 saturated carbocycles. The van der Waals surface area contributed by atoms with Crippen LogP contribution in [0.25, 0.3) is 12.2 Å². The fourth-order valence-corrected chi connectivity index (χ4v) is 5.28. The van der Waals surface area contributed by atoms with E-state index in [1.165, 1.54) is 23.3 Å². The van der Waals surface area contributed by atoms with Crippen LogP contribution < -0.4 is 9.80 Å². The first kappa shape index (κ1) is 35.7. The zero-order valence-corrected chi connectivity index (χ0v) is 28.7. The number of rotatable bonds is 12. The number of anilines is 4. The number of hydrogen-bond acceptors (Lipinski definition) is 8. The predicted octanol–water partition coefficient (Wildman–Crippen LogP) is 8.49. The van der Waals surface area contributed by atoms with Gasteiger partial charge in [-0.1, -0.05) is 62.4 Å². The fraction of sp³-hybridized carbons (Fsp3) is 0.220. The quantitative estimate of drug-likeness (QED) is 0.0852. The van der Waals surface area contributed by atoms with Gasteiger partial charge in [-0.2, -0.15) is 10.5 Å². The standard InChI is InChI=1S/C41H40N4O4/c1-7-48-39(46)31(27-42)25-29-9-17-35(18-10-29)44(5)37-21-13-33(14-22-37)41(3,4)34-15-23-38(24-16-34)45(6)36-19-11-30(12-20-36)26-32(28-43)40(47)49-8-2/h9-26H,7-8H2,1-6H3. The lowest BCUT2D eigenvalue weighted by molar-refractivity contribution is -0.138. The van der Waals surface area contributed by atoms with Gasteiger partial charge >= 0.3 is 11.9 Å². The van der Waals surface area contributed by atoms with Gasteiger partial charge in [0.2, 0.25) is 0 Å². The number of benzene rings is 4. The van der Waals surface area contributed by atoms with Crippen molar-refractivity contribution in [2.24, 2.45) is 0 Å². The molecule has 0 aliphatic heterocycles. The van der Waals surface area contributed by atoms with E-state index in [4.69, 9.17) is 9.47 Å². The van der Waals surface area contributed by atoms with E-state index in [2.05, 4.69) is 72.2 Å². The summed E-state index contributed by atoms with van der Waals surface area (Å²) in [6.45, 7) is 8.26. The second-order valence-electron chi connectivity index (χ2n) is 11.8. The van der Waals surface area contributed by atoms with Crippen LogP contribution in [0, 0.1) is 22.7 Å². The van der Waals surface area contributed by atoms with Crippen LogP contribution in [0.2, 0.25) is 0 Å². The Morgan fingerprint density at radius 2 is 0.878 bits per heavy atom. The first-order valence-electron chi connectivity index (χ1n) is 16.0. The third-order valence-electron chi connectivity index (χ3n) is 8.37. The molecule has 0 spiro atoms. The summed E-state index contributed by atoms with van der Waals surface area (Å²) in [6.07, 6.45) is 3.06. The van der Waals surface area contributed by atoms with E-state index in [-0.39, 0.29) is 29.8 Å². The van der Waals surface area contributed by atoms with Crippen molar-refractivity contribution >= 4 is 46.8 Å². The van der Waals surface area contributed by atoms with Gasteiger partial charge in [-0.05, 0) is 96.8 Å². The van der Waals surface area contributed by atoms with Crippen molar-refractivity contribution in [3.05, 3.63) is 130 Å².